The summed E-state index contributed by atoms with van der Waals surface area (Å²) in [5.41, 5.74) is 0. The molecule has 2 aliphatic carbocycles. The fourth-order valence-corrected chi connectivity index (χ4v) is 3.21. The molecule has 3 aliphatic rings. The molecule has 3 atom stereocenters. The standard InChI is InChI=1S/C10H13NO3/c12-9-5-14-10(13)11(9)8-4-6-1-2-7(8)3-6/h6-8H,1-5H2. The van der Waals surface area contributed by atoms with Crippen LogP contribution in [0.5, 0.6) is 0 Å². The van der Waals surface area contributed by atoms with E-state index in [1.807, 2.05) is 0 Å². The Kier molecular flexibility index (Phi) is 1.60. The summed E-state index contributed by atoms with van der Waals surface area (Å²) in [4.78, 5) is 24.1. The lowest BCUT2D eigenvalue weighted by Gasteiger charge is -2.27. The van der Waals surface area contributed by atoms with Crippen LogP contribution in [0.3, 0.4) is 0 Å². The van der Waals surface area contributed by atoms with E-state index in [0.29, 0.717) is 5.92 Å². The van der Waals surface area contributed by atoms with E-state index < -0.39 is 6.09 Å². The molecule has 0 N–H and O–H groups in total. The predicted molar refractivity (Wildman–Crippen MR) is 47.4 cm³/mol. The SMILES string of the molecule is O=C1COC(=O)N1C1CC2CCC1C2. The van der Waals surface area contributed by atoms with Crippen molar-refractivity contribution < 1.29 is 14.3 Å². The molecule has 4 heteroatoms. The van der Waals surface area contributed by atoms with E-state index in [4.69, 9.17) is 4.74 Å². The minimum atomic E-state index is -0.424. The van der Waals surface area contributed by atoms with Gasteiger partial charge in [0.2, 0.25) is 0 Å². The number of cyclic esters (lactones) is 1. The van der Waals surface area contributed by atoms with Crippen LogP contribution in [0.25, 0.3) is 0 Å². The molecule has 0 spiro atoms. The lowest BCUT2D eigenvalue weighted by molar-refractivity contribution is -0.128. The van der Waals surface area contributed by atoms with Gasteiger partial charge in [0.1, 0.15) is 0 Å². The fourth-order valence-electron chi connectivity index (χ4n) is 3.21. The van der Waals surface area contributed by atoms with Crippen LogP contribution in [0.15, 0.2) is 0 Å². The molecule has 2 amide bonds. The molecule has 1 heterocycles. The monoisotopic (exact) mass is 195 g/mol. The van der Waals surface area contributed by atoms with Gasteiger partial charge in [-0.1, -0.05) is 6.42 Å². The Balaban J connectivity index is 1.82. The van der Waals surface area contributed by atoms with Crippen molar-refractivity contribution in [1.82, 2.24) is 4.90 Å². The van der Waals surface area contributed by atoms with Gasteiger partial charge in [0, 0.05) is 6.04 Å². The smallest absolute Gasteiger partial charge is 0.417 e. The van der Waals surface area contributed by atoms with Crippen molar-refractivity contribution in [2.75, 3.05) is 6.61 Å². The van der Waals surface area contributed by atoms with Crippen LogP contribution in [0.2, 0.25) is 0 Å². The zero-order chi connectivity index (χ0) is 9.71. The van der Waals surface area contributed by atoms with Gasteiger partial charge in [-0.3, -0.25) is 4.79 Å². The number of hydrogen-bond acceptors (Lipinski definition) is 3. The molecule has 3 fully saturated rings. The third kappa shape index (κ3) is 0.996. The van der Waals surface area contributed by atoms with E-state index in [1.165, 1.54) is 24.2 Å². The zero-order valence-electron chi connectivity index (χ0n) is 7.94. The topological polar surface area (TPSA) is 46.6 Å². The summed E-state index contributed by atoms with van der Waals surface area (Å²) < 4.78 is 4.74. The van der Waals surface area contributed by atoms with Crippen LogP contribution in [0, 0.1) is 11.8 Å². The van der Waals surface area contributed by atoms with E-state index in [-0.39, 0.29) is 18.6 Å². The Morgan fingerprint density at radius 1 is 1.21 bits per heavy atom. The Hall–Kier alpha value is -1.06. The van der Waals surface area contributed by atoms with Gasteiger partial charge in [0.05, 0.1) is 0 Å². The number of carbonyl (C=O) groups excluding carboxylic acids is 2. The molecule has 2 saturated carbocycles. The summed E-state index contributed by atoms with van der Waals surface area (Å²) in [7, 11) is 0. The number of nitrogens with zero attached hydrogens (tertiary/aromatic N) is 1. The Morgan fingerprint density at radius 2 is 2.07 bits per heavy atom. The Bertz CT molecular complexity index is 286. The highest BCUT2D eigenvalue weighted by molar-refractivity contribution is 5.98. The quantitative estimate of drug-likeness (QED) is 0.630. The van der Waals surface area contributed by atoms with Gasteiger partial charge in [-0.25, -0.2) is 9.69 Å². The van der Waals surface area contributed by atoms with Gasteiger partial charge < -0.3 is 4.74 Å². The van der Waals surface area contributed by atoms with Crippen molar-refractivity contribution in [3.05, 3.63) is 0 Å². The summed E-state index contributed by atoms with van der Waals surface area (Å²) in [6, 6.07) is 0.149. The summed E-state index contributed by atoms with van der Waals surface area (Å²) in [6.07, 6.45) is 4.23. The van der Waals surface area contributed by atoms with Gasteiger partial charge >= 0.3 is 6.09 Å². The fraction of sp³-hybridized carbons (Fsp3) is 0.800. The van der Waals surface area contributed by atoms with Crippen molar-refractivity contribution >= 4 is 12.0 Å². The lowest BCUT2D eigenvalue weighted by Crippen LogP contribution is -2.42. The molecule has 3 rings (SSSR count). The lowest BCUT2D eigenvalue weighted by atomic mass is 9.94. The Morgan fingerprint density at radius 3 is 2.57 bits per heavy atom. The maximum absolute atomic E-state index is 11.4. The van der Waals surface area contributed by atoms with Crippen molar-refractivity contribution in [2.45, 2.75) is 31.7 Å². The van der Waals surface area contributed by atoms with Gasteiger partial charge in [-0.15, -0.1) is 0 Å². The highest BCUT2D eigenvalue weighted by Gasteiger charge is 2.48. The first-order valence-electron chi connectivity index (χ1n) is 5.24. The Labute approximate surface area is 82.2 Å². The first-order chi connectivity index (χ1) is 6.75. The first kappa shape index (κ1) is 8.26. The number of amides is 2. The van der Waals surface area contributed by atoms with E-state index in [2.05, 4.69) is 0 Å². The maximum Gasteiger partial charge on any atom is 0.417 e. The molecule has 76 valence electrons. The minimum absolute atomic E-state index is 0.0489. The zero-order valence-corrected chi connectivity index (χ0v) is 7.94. The van der Waals surface area contributed by atoms with E-state index in [1.54, 1.807) is 0 Å². The molecule has 0 radical (unpaired) electrons. The number of ether oxygens (including phenoxy) is 1. The summed E-state index contributed by atoms with van der Waals surface area (Å²) in [5.74, 6) is 1.15. The molecule has 0 aromatic rings. The largest absolute Gasteiger partial charge is 0.439 e. The van der Waals surface area contributed by atoms with E-state index >= 15 is 0 Å². The molecule has 14 heavy (non-hydrogen) atoms. The van der Waals surface area contributed by atoms with Crippen LogP contribution in [-0.4, -0.2) is 29.5 Å². The molecule has 1 aliphatic heterocycles. The van der Waals surface area contributed by atoms with E-state index in [9.17, 15) is 9.59 Å². The van der Waals surface area contributed by atoms with Crippen LogP contribution >= 0.6 is 0 Å². The maximum atomic E-state index is 11.4. The summed E-state index contributed by atoms with van der Waals surface area (Å²) in [5, 5.41) is 0. The molecule has 3 unspecified atom stereocenters. The van der Waals surface area contributed by atoms with Crippen molar-refractivity contribution in [3.63, 3.8) is 0 Å². The number of rotatable bonds is 1. The van der Waals surface area contributed by atoms with Crippen LogP contribution in [0.1, 0.15) is 25.7 Å². The normalized spacial score (nSPS) is 40.9. The molecule has 2 bridgehead atoms. The van der Waals surface area contributed by atoms with Gasteiger partial charge in [0.15, 0.2) is 6.61 Å². The van der Waals surface area contributed by atoms with Gasteiger partial charge in [-0.05, 0) is 31.1 Å². The van der Waals surface area contributed by atoms with Crippen LogP contribution in [-0.2, 0) is 9.53 Å². The molecule has 1 saturated heterocycles. The molecule has 4 nitrogen and oxygen atoms in total. The third-order valence-electron chi connectivity index (χ3n) is 3.82. The van der Waals surface area contributed by atoms with Crippen molar-refractivity contribution in [2.24, 2.45) is 11.8 Å². The van der Waals surface area contributed by atoms with E-state index in [0.717, 1.165) is 12.3 Å². The number of imide groups is 1. The van der Waals surface area contributed by atoms with Crippen molar-refractivity contribution in [1.29, 1.82) is 0 Å². The average Bonchev–Trinajstić information content (AvgIpc) is 2.81. The van der Waals surface area contributed by atoms with Gasteiger partial charge in [0.25, 0.3) is 5.91 Å². The summed E-state index contributed by atoms with van der Waals surface area (Å²) >= 11 is 0. The highest BCUT2D eigenvalue weighted by Crippen LogP contribution is 2.47. The number of carbonyl (C=O) groups is 2. The number of fused-ring (bicyclic) bond motifs is 2. The molecular weight excluding hydrogens is 182 g/mol. The minimum Gasteiger partial charge on any atom is -0.439 e. The average molecular weight is 195 g/mol. The first-order valence-corrected chi connectivity index (χ1v) is 5.24. The van der Waals surface area contributed by atoms with Crippen molar-refractivity contribution in [3.8, 4) is 0 Å². The number of hydrogen-bond donors (Lipinski definition) is 0. The summed E-state index contributed by atoms with van der Waals surface area (Å²) in [6.45, 7) is -0.0489. The third-order valence-corrected chi connectivity index (χ3v) is 3.82. The molecule has 0 aromatic heterocycles. The second-order valence-corrected chi connectivity index (χ2v) is 4.56. The second-order valence-electron chi connectivity index (χ2n) is 4.56. The second kappa shape index (κ2) is 2.72. The molecular formula is C10H13NO3. The predicted octanol–water partition coefficient (Wildman–Crippen LogP) is 1.15. The molecule has 0 aromatic carbocycles. The van der Waals surface area contributed by atoms with Crippen LogP contribution < -0.4 is 0 Å². The van der Waals surface area contributed by atoms with Gasteiger partial charge in [-0.2, -0.15) is 0 Å². The highest BCUT2D eigenvalue weighted by atomic mass is 16.6. The van der Waals surface area contributed by atoms with Crippen LogP contribution in [0.4, 0.5) is 4.79 Å².